The molecule has 2 aliphatic rings. The number of hydrogen-bond donors (Lipinski definition) is 1. The minimum absolute atomic E-state index is 0.838. The Hall–Kier alpha value is -0.820. The predicted octanol–water partition coefficient (Wildman–Crippen LogP) is 4.88. The average molecular weight is 285 g/mol. The zero-order valence-corrected chi connectivity index (χ0v) is 13.6. The Balaban J connectivity index is 1.64. The van der Waals surface area contributed by atoms with Gasteiger partial charge in [0.25, 0.3) is 0 Å². The highest BCUT2D eigenvalue weighted by Crippen LogP contribution is 2.31. The second kappa shape index (κ2) is 7.45. The van der Waals surface area contributed by atoms with Gasteiger partial charge >= 0.3 is 0 Å². The van der Waals surface area contributed by atoms with Crippen molar-refractivity contribution in [2.45, 2.75) is 70.8 Å². The quantitative estimate of drug-likeness (QED) is 0.735. The fourth-order valence-electron chi connectivity index (χ4n) is 3.94. The van der Waals surface area contributed by atoms with Crippen LogP contribution in [-0.4, -0.2) is 12.6 Å². The van der Waals surface area contributed by atoms with E-state index < -0.39 is 0 Å². The van der Waals surface area contributed by atoms with Crippen LogP contribution in [-0.2, 0) is 6.42 Å². The van der Waals surface area contributed by atoms with Crippen LogP contribution in [0.2, 0.25) is 0 Å². The molecule has 0 saturated heterocycles. The summed E-state index contributed by atoms with van der Waals surface area (Å²) in [7, 11) is 0. The van der Waals surface area contributed by atoms with Crippen LogP contribution < -0.4 is 5.32 Å². The molecule has 116 valence electrons. The Labute approximate surface area is 130 Å². The lowest BCUT2D eigenvalue weighted by atomic mass is 9.82. The number of benzene rings is 1. The topological polar surface area (TPSA) is 12.0 Å². The molecule has 0 amide bonds. The Morgan fingerprint density at radius 3 is 2.48 bits per heavy atom. The van der Waals surface area contributed by atoms with E-state index in [9.17, 15) is 0 Å². The first-order valence-corrected chi connectivity index (χ1v) is 9.10. The van der Waals surface area contributed by atoms with E-state index in [0.29, 0.717) is 0 Å². The molecule has 2 fully saturated rings. The van der Waals surface area contributed by atoms with Crippen LogP contribution in [0.5, 0.6) is 0 Å². The van der Waals surface area contributed by atoms with Gasteiger partial charge in [0.05, 0.1) is 0 Å². The minimum Gasteiger partial charge on any atom is -0.314 e. The summed E-state index contributed by atoms with van der Waals surface area (Å²) in [6.07, 6.45) is 12.8. The molecule has 0 heterocycles. The molecule has 1 aromatic carbocycles. The molecule has 0 aliphatic heterocycles. The lowest BCUT2D eigenvalue weighted by Gasteiger charge is -2.27. The van der Waals surface area contributed by atoms with Gasteiger partial charge in [0, 0.05) is 6.04 Å². The fraction of sp³-hybridized carbons (Fsp3) is 0.700. The van der Waals surface area contributed by atoms with Crippen molar-refractivity contribution >= 4 is 0 Å². The van der Waals surface area contributed by atoms with E-state index in [-0.39, 0.29) is 0 Å². The van der Waals surface area contributed by atoms with Crippen molar-refractivity contribution in [2.75, 3.05) is 6.54 Å². The van der Waals surface area contributed by atoms with E-state index >= 15 is 0 Å². The summed E-state index contributed by atoms with van der Waals surface area (Å²) in [5.74, 6) is 1.78. The molecule has 1 heteroatoms. The largest absolute Gasteiger partial charge is 0.314 e. The fourth-order valence-corrected chi connectivity index (χ4v) is 3.94. The van der Waals surface area contributed by atoms with E-state index in [1.165, 1.54) is 69.9 Å². The Bertz CT molecular complexity index is 427. The Morgan fingerprint density at radius 1 is 1.05 bits per heavy atom. The average Bonchev–Trinajstić information content (AvgIpc) is 3.30. The normalized spacial score (nSPS) is 22.0. The molecule has 0 spiro atoms. The summed E-state index contributed by atoms with van der Waals surface area (Å²) >= 11 is 0. The summed E-state index contributed by atoms with van der Waals surface area (Å²) in [5.41, 5.74) is 2.95. The van der Waals surface area contributed by atoms with Crippen LogP contribution in [0.1, 0.15) is 62.5 Å². The third-order valence-corrected chi connectivity index (χ3v) is 5.39. The van der Waals surface area contributed by atoms with Gasteiger partial charge in [-0.25, -0.2) is 0 Å². The maximum absolute atomic E-state index is 3.81. The number of hydrogen-bond acceptors (Lipinski definition) is 1. The second-order valence-corrected chi connectivity index (χ2v) is 7.39. The summed E-state index contributed by atoms with van der Waals surface area (Å²) in [6.45, 7) is 3.45. The molecule has 21 heavy (non-hydrogen) atoms. The van der Waals surface area contributed by atoms with Crippen molar-refractivity contribution in [3.63, 3.8) is 0 Å². The van der Waals surface area contributed by atoms with Crippen molar-refractivity contribution < 1.29 is 0 Å². The lowest BCUT2D eigenvalue weighted by Crippen LogP contribution is -2.31. The van der Waals surface area contributed by atoms with Gasteiger partial charge in [-0.15, -0.1) is 0 Å². The van der Waals surface area contributed by atoms with Gasteiger partial charge in [-0.05, 0) is 50.1 Å². The molecule has 0 aromatic heterocycles. The monoisotopic (exact) mass is 285 g/mol. The summed E-state index contributed by atoms with van der Waals surface area (Å²) in [4.78, 5) is 0. The molecule has 1 nitrogen and oxygen atoms in total. The standard InChI is InChI=1S/C20H31N/c1-16-7-6-8-17(13-16)14-19(15-21-20-11-12-20)18-9-4-2-3-5-10-18/h6-8,13,18-21H,2-5,9-12,14-15H2,1H3. The van der Waals surface area contributed by atoms with Crippen LogP contribution in [0.3, 0.4) is 0 Å². The van der Waals surface area contributed by atoms with E-state index in [4.69, 9.17) is 0 Å². The maximum Gasteiger partial charge on any atom is 0.00683 e. The number of aryl methyl sites for hydroxylation is 1. The van der Waals surface area contributed by atoms with Crippen molar-refractivity contribution in [2.24, 2.45) is 11.8 Å². The third kappa shape index (κ3) is 4.85. The van der Waals surface area contributed by atoms with Crippen molar-refractivity contribution in [3.05, 3.63) is 35.4 Å². The molecule has 2 saturated carbocycles. The maximum atomic E-state index is 3.81. The van der Waals surface area contributed by atoms with Crippen molar-refractivity contribution in [3.8, 4) is 0 Å². The molecule has 0 bridgehead atoms. The molecule has 2 aliphatic carbocycles. The van der Waals surface area contributed by atoms with Gasteiger partial charge in [0.1, 0.15) is 0 Å². The van der Waals surface area contributed by atoms with Gasteiger partial charge in [0.2, 0.25) is 0 Å². The van der Waals surface area contributed by atoms with Crippen LogP contribution in [0.15, 0.2) is 24.3 Å². The molecule has 0 radical (unpaired) electrons. The Morgan fingerprint density at radius 2 is 1.81 bits per heavy atom. The van der Waals surface area contributed by atoms with E-state index in [1.54, 1.807) is 5.56 Å². The van der Waals surface area contributed by atoms with Gasteiger partial charge in [-0.2, -0.15) is 0 Å². The second-order valence-electron chi connectivity index (χ2n) is 7.39. The Kier molecular flexibility index (Phi) is 5.35. The van der Waals surface area contributed by atoms with Gasteiger partial charge in [-0.1, -0.05) is 68.4 Å². The zero-order chi connectivity index (χ0) is 14.5. The van der Waals surface area contributed by atoms with E-state index in [1.807, 2.05) is 0 Å². The molecule has 1 atom stereocenters. The van der Waals surface area contributed by atoms with E-state index in [2.05, 4.69) is 36.5 Å². The first-order chi connectivity index (χ1) is 10.3. The summed E-state index contributed by atoms with van der Waals surface area (Å²) in [6, 6.07) is 10.0. The molecular formula is C20H31N. The first-order valence-electron chi connectivity index (χ1n) is 9.10. The summed E-state index contributed by atoms with van der Waals surface area (Å²) in [5, 5.41) is 3.81. The van der Waals surface area contributed by atoms with Gasteiger partial charge < -0.3 is 5.32 Å². The first kappa shape index (κ1) is 15.1. The van der Waals surface area contributed by atoms with Crippen LogP contribution in [0, 0.1) is 18.8 Å². The zero-order valence-electron chi connectivity index (χ0n) is 13.6. The molecular weight excluding hydrogens is 254 g/mol. The highest BCUT2D eigenvalue weighted by Gasteiger charge is 2.26. The van der Waals surface area contributed by atoms with Crippen LogP contribution in [0.25, 0.3) is 0 Å². The molecule has 1 unspecified atom stereocenters. The smallest absolute Gasteiger partial charge is 0.00683 e. The van der Waals surface area contributed by atoms with Crippen molar-refractivity contribution in [1.29, 1.82) is 0 Å². The highest BCUT2D eigenvalue weighted by atomic mass is 14.9. The lowest BCUT2D eigenvalue weighted by molar-refractivity contribution is 0.284. The third-order valence-electron chi connectivity index (χ3n) is 5.39. The number of nitrogens with one attached hydrogen (secondary N) is 1. The number of rotatable bonds is 6. The van der Waals surface area contributed by atoms with Gasteiger partial charge in [-0.3, -0.25) is 0 Å². The van der Waals surface area contributed by atoms with Gasteiger partial charge in [0.15, 0.2) is 0 Å². The molecule has 1 N–H and O–H groups in total. The summed E-state index contributed by atoms with van der Waals surface area (Å²) < 4.78 is 0. The SMILES string of the molecule is Cc1cccc(CC(CNC2CC2)C2CCCCCC2)c1. The highest BCUT2D eigenvalue weighted by molar-refractivity contribution is 5.22. The molecule has 1 aromatic rings. The van der Waals surface area contributed by atoms with Crippen LogP contribution in [0.4, 0.5) is 0 Å². The predicted molar refractivity (Wildman–Crippen MR) is 90.6 cm³/mol. The van der Waals surface area contributed by atoms with Crippen LogP contribution >= 0.6 is 0 Å². The minimum atomic E-state index is 0.838. The van der Waals surface area contributed by atoms with Crippen molar-refractivity contribution in [1.82, 2.24) is 5.32 Å². The van der Waals surface area contributed by atoms with E-state index in [0.717, 1.165) is 17.9 Å². The molecule has 3 rings (SSSR count).